The molecule has 0 saturated heterocycles. The molecule has 3 rings (SSSR count). The van der Waals surface area contributed by atoms with Gasteiger partial charge in [0.05, 0.1) is 11.1 Å². The Morgan fingerprint density at radius 1 is 0.800 bits per heavy atom. The first kappa shape index (κ1) is 21.5. The summed E-state index contributed by atoms with van der Waals surface area (Å²) in [4.78, 5) is 2.25. The van der Waals surface area contributed by atoms with Crippen LogP contribution in [0, 0.1) is 13.8 Å². The van der Waals surface area contributed by atoms with Crippen molar-refractivity contribution < 1.29 is 21.0 Å². The molecule has 7 nitrogen and oxygen atoms in total. The minimum absolute atomic E-state index is 0.0398. The highest BCUT2D eigenvalue weighted by Crippen LogP contribution is 2.20. The van der Waals surface area contributed by atoms with Crippen molar-refractivity contribution >= 4 is 26.4 Å². The summed E-state index contributed by atoms with van der Waals surface area (Å²) < 4.78 is 54.5. The zero-order valence-corrected chi connectivity index (χ0v) is 17.9. The Kier molecular flexibility index (Phi) is 6.23. The molecule has 0 amide bonds. The quantitative estimate of drug-likeness (QED) is 0.342. The summed E-state index contributed by atoms with van der Waals surface area (Å²) in [7, 11) is -7.79. The summed E-state index contributed by atoms with van der Waals surface area (Å²) in [6.45, 7) is 3.71. The fourth-order valence-corrected chi connectivity index (χ4v) is 4.18. The van der Waals surface area contributed by atoms with E-state index in [1.165, 1.54) is 42.6 Å². The van der Waals surface area contributed by atoms with Gasteiger partial charge in [-0.3, -0.25) is 0 Å². The van der Waals surface area contributed by atoms with Crippen molar-refractivity contribution in [2.24, 2.45) is 5.10 Å². The van der Waals surface area contributed by atoms with Gasteiger partial charge in [-0.25, -0.2) is 4.83 Å². The number of nitrogens with zero attached hydrogens (tertiary/aromatic N) is 1. The number of hydrogen-bond donors (Lipinski definition) is 1. The molecule has 156 valence electrons. The van der Waals surface area contributed by atoms with Crippen LogP contribution in [0.1, 0.15) is 16.7 Å². The molecule has 0 aromatic heterocycles. The molecule has 0 radical (unpaired) electrons. The standard InChI is InChI=1S/C21H20N2O5S2/c1-16-6-10-20(11-7-16)29(24,25)23-22-15-18-4-3-5-19(14-18)28-30(26,27)21-12-8-17(2)9-13-21/h3-15,23H,1-2H3. The van der Waals surface area contributed by atoms with Gasteiger partial charge in [-0.2, -0.15) is 21.9 Å². The van der Waals surface area contributed by atoms with E-state index in [4.69, 9.17) is 4.18 Å². The molecule has 0 fully saturated rings. The van der Waals surface area contributed by atoms with Crippen molar-refractivity contribution in [2.45, 2.75) is 23.6 Å². The van der Waals surface area contributed by atoms with Crippen LogP contribution < -0.4 is 9.01 Å². The van der Waals surface area contributed by atoms with Crippen molar-refractivity contribution in [3.8, 4) is 5.75 Å². The number of benzene rings is 3. The molecule has 0 aliphatic heterocycles. The number of hydrazone groups is 1. The summed E-state index contributed by atoms with van der Waals surface area (Å²) in [5.74, 6) is 0.0842. The van der Waals surface area contributed by atoms with Crippen molar-refractivity contribution in [1.29, 1.82) is 0 Å². The van der Waals surface area contributed by atoms with Crippen LogP contribution in [-0.2, 0) is 20.1 Å². The van der Waals surface area contributed by atoms with Crippen LogP contribution in [-0.4, -0.2) is 23.1 Å². The SMILES string of the molecule is Cc1ccc(S(=O)(=O)NN=Cc2cccc(OS(=O)(=O)c3ccc(C)cc3)c2)cc1. The minimum Gasteiger partial charge on any atom is -0.379 e. The third kappa shape index (κ3) is 5.46. The van der Waals surface area contributed by atoms with Crippen molar-refractivity contribution in [3.05, 3.63) is 89.5 Å². The average Bonchev–Trinajstić information content (AvgIpc) is 2.68. The highest BCUT2D eigenvalue weighted by molar-refractivity contribution is 7.89. The molecule has 0 heterocycles. The molecule has 3 aromatic carbocycles. The number of rotatable bonds is 7. The first-order chi connectivity index (χ1) is 14.2. The molecule has 0 saturated carbocycles. The third-order valence-corrected chi connectivity index (χ3v) is 6.59. The molecule has 0 bridgehead atoms. The Bertz CT molecular complexity index is 1270. The topological polar surface area (TPSA) is 102 Å². The minimum atomic E-state index is -3.99. The van der Waals surface area contributed by atoms with Crippen LogP contribution in [0.5, 0.6) is 5.75 Å². The number of nitrogens with one attached hydrogen (secondary N) is 1. The first-order valence-corrected chi connectivity index (χ1v) is 11.8. The van der Waals surface area contributed by atoms with Crippen LogP contribution in [0.15, 0.2) is 87.7 Å². The van der Waals surface area contributed by atoms with Crippen LogP contribution in [0.25, 0.3) is 0 Å². The second kappa shape index (κ2) is 8.68. The number of sulfonamides is 1. The molecule has 9 heteroatoms. The van der Waals surface area contributed by atoms with Gasteiger partial charge < -0.3 is 4.18 Å². The molecular weight excluding hydrogens is 424 g/mol. The summed E-state index contributed by atoms with van der Waals surface area (Å²) in [6, 6.07) is 18.8. The highest BCUT2D eigenvalue weighted by Gasteiger charge is 2.16. The summed E-state index contributed by atoms with van der Waals surface area (Å²) in [6.07, 6.45) is 1.26. The van der Waals surface area contributed by atoms with E-state index in [9.17, 15) is 16.8 Å². The molecule has 0 aliphatic rings. The average molecular weight is 445 g/mol. The zero-order valence-electron chi connectivity index (χ0n) is 16.3. The van der Waals surface area contributed by atoms with Crippen LogP contribution in [0.3, 0.4) is 0 Å². The molecule has 3 aromatic rings. The molecule has 0 aliphatic carbocycles. The highest BCUT2D eigenvalue weighted by atomic mass is 32.2. The summed E-state index contributed by atoms with van der Waals surface area (Å²) in [5.41, 5.74) is 2.33. The maximum absolute atomic E-state index is 12.4. The van der Waals surface area contributed by atoms with E-state index in [0.717, 1.165) is 11.1 Å². The lowest BCUT2D eigenvalue weighted by Crippen LogP contribution is -2.18. The van der Waals surface area contributed by atoms with Crippen LogP contribution in [0.2, 0.25) is 0 Å². The van der Waals surface area contributed by atoms with Crippen LogP contribution >= 0.6 is 0 Å². The first-order valence-electron chi connectivity index (χ1n) is 8.88. The van der Waals surface area contributed by atoms with Gasteiger partial charge in [-0.1, -0.05) is 47.5 Å². The van der Waals surface area contributed by atoms with Gasteiger partial charge in [0.2, 0.25) is 0 Å². The lowest BCUT2D eigenvalue weighted by molar-refractivity contribution is 0.486. The van der Waals surface area contributed by atoms with E-state index < -0.39 is 20.1 Å². The van der Waals surface area contributed by atoms with Crippen LogP contribution in [0.4, 0.5) is 0 Å². The van der Waals surface area contributed by atoms with E-state index in [1.54, 1.807) is 36.4 Å². The number of hydrogen-bond acceptors (Lipinski definition) is 6. The second-order valence-electron chi connectivity index (χ2n) is 6.59. The predicted molar refractivity (Wildman–Crippen MR) is 115 cm³/mol. The maximum Gasteiger partial charge on any atom is 0.339 e. The molecule has 0 atom stereocenters. The maximum atomic E-state index is 12.4. The Morgan fingerprint density at radius 3 is 1.97 bits per heavy atom. The predicted octanol–water partition coefficient (Wildman–Crippen LogP) is 3.38. The molecular formula is C21H20N2O5S2. The van der Waals surface area contributed by atoms with Gasteiger partial charge in [0, 0.05) is 0 Å². The third-order valence-electron chi connectivity index (χ3n) is 4.09. The second-order valence-corrected chi connectivity index (χ2v) is 9.80. The molecule has 30 heavy (non-hydrogen) atoms. The Hall–Kier alpha value is -3.17. The normalized spacial score (nSPS) is 12.1. The van der Waals surface area contributed by atoms with Crippen molar-refractivity contribution in [2.75, 3.05) is 0 Å². The summed E-state index contributed by atoms with van der Waals surface area (Å²) >= 11 is 0. The van der Waals surface area contributed by atoms with Crippen molar-refractivity contribution in [1.82, 2.24) is 4.83 Å². The van der Waals surface area contributed by atoms with E-state index in [2.05, 4.69) is 9.93 Å². The van der Waals surface area contributed by atoms with Gasteiger partial charge in [-0.05, 0) is 55.8 Å². The fraction of sp³-hybridized carbons (Fsp3) is 0.0952. The zero-order chi connectivity index (χ0) is 21.8. The van der Waals surface area contributed by atoms with E-state index >= 15 is 0 Å². The molecule has 0 unspecified atom stereocenters. The van der Waals surface area contributed by atoms with Gasteiger partial charge in [0.25, 0.3) is 10.0 Å². The lowest BCUT2D eigenvalue weighted by atomic mass is 10.2. The lowest BCUT2D eigenvalue weighted by Gasteiger charge is -2.08. The molecule has 0 spiro atoms. The van der Waals surface area contributed by atoms with E-state index in [0.29, 0.717) is 5.56 Å². The number of aryl methyl sites for hydroxylation is 2. The fourth-order valence-electron chi connectivity index (χ4n) is 2.47. The van der Waals surface area contributed by atoms with Crippen molar-refractivity contribution in [3.63, 3.8) is 0 Å². The summed E-state index contributed by atoms with van der Waals surface area (Å²) in [5, 5.41) is 3.75. The Morgan fingerprint density at radius 2 is 1.37 bits per heavy atom. The van der Waals surface area contributed by atoms with Gasteiger partial charge in [0.15, 0.2) is 0 Å². The van der Waals surface area contributed by atoms with Gasteiger partial charge in [0.1, 0.15) is 10.6 Å². The largest absolute Gasteiger partial charge is 0.379 e. The van der Waals surface area contributed by atoms with E-state index in [1.807, 2.05) is 13.8 Å². The van der Waals surface area contributed by atoms with Gasteiger partial charge in [-0.15, -0.1) is 0 Å². The monoisotopic (exact) mass is 444 g/mol. The molecule has 1 N–H and O–H groups in total. The smallest absolute Gasteiger partial charge is 0.339 e. The Balaban J connectivity index is 1.72. The van der Waals surface area contributed by atoms with E-state index in [-0.39, 0.29) is 15.5 Å². The Labute approximate surface area is 176 Å². The van der Waals surface area contributed by atoms with Gasteiger partial charge >= 0.3 is 10.1 Å².